The molecule has 0 saturated carbocycles. The van der Waals surface area contributed by atoms with E-state index in [9.17, 15) is 13.2 Å². The van der Waals surface area contributed by atoms with Crippen molar-refractivity contribution in [3.63, 3.8) is 0 Å². The van der Waals surface area contributed by atoms with E-state index in [2.05, 4.69) is 4.72 Å². The van der Waals surface area contributed by atoms with Crippen molar-refractivity contribution in [2.45, 2.75) is 26.0 Å². The zero-order valence-corrected chi connectivity index (χ0v) is 11.6. The molecule has 0 saturated heterocycles. The Morgan fingerprint density at radius 1 is 1.42 bits per heavy atom. The standard InChI is InChI=1S/C12H14N2O4S/c1-7-4-8(2)11(10(5-7)12(15)16)14-19(17,18)9(3)6-13/h4-5,9,14H,1-3H3,(H,15,16). The van der Waals surface area contributed by atoms with Crippen molar-refractivity contribution < 1.29 is 18.3 Å². The number of sulfonamides is 1. The predicted molar refractivity (Wildman–Crippen MR) is 70.5 cm³/mol. The van der Waals surface area contributed by atoms with Crippen molar-refractivity contribution in [2.24, 2.45) is 0 Å². The molecule has 1 aromatic carbocycles. The van der Waals surface area contributed by atoms with Gasteiger partial charge in [-0.3, -0.25) is 4.72 Å². The molecule has 6 nitrogen and oxygen atoms in total. The predicted octanol–water partition coefficient (Wildman–Crippen LogP) is 1.66. The maximum absolute atomic E-state index is 11.8. The van der Waals surface area contributed by atoms with Crippen molar-refractivity contribution in [3.8, 4) is 6.07 Å². The van der Waals surface area contributed by atoms with Gasteiger partial charge in [-0.05, 0) is 38.0 Å². The molecular weight excluding hydrogens is 268 g/mol. The van der Waals surface area contributed by atoms with Crippen LogP contribution in [0.15, 0.2) is 12.1 Å². The molecule has 0 aromatic heterocycles. The van der Waals surface area contributed by atoms with Crippen LogP contribution in [0.2, 0.25) is 0 Å². The number of benzene rings is 1. The van der Waals surface area contributed by atoms with Crippen molar-refractivity contribution >= 4 is 21.7 Å². The maximum Gasteiger partial charge on any atom is 0.337 e. The van der Waals surface area contributed by atoms with Gasteiger partial charge in [0.15, 0.2) is 5.25 Å². The van der Waals surface area contributed by atoms with Crippen LogP contribution in [0.5, 0.6) is 0 Å². The van der Waals surface area contributed by atoms with Gasteiger partial charge in [-0.25, -0.2) is 13.2 Å². The minimum Gasteiger partial charge on any atom is -0.478 e. The molecule has 1 atom stereocenters. The molecule has 1 aromatic rings. The van der Waals surface area contributed by atoms with E-state index in [1.165, 1.54) is 13.0 Å². The molecule has 0 fully saturated rings. The Balaban J connectivity index is 3.37. The first-order valence-corrected chi connectivity index (χ1v) is 6.99. The van der Waals surface area contributed by atoms with Gasteiger partial charge in [0, 0.05) is 0 Å². The molecular formula is C12H14N2O4S. The lowest BCUT2D eigenvalue weighted by atomic mass is 10.0. The fraction of sp³-hybridized carbons (Fsp3) is 0.333. The van der Waals surface area contributed by atoms with Crippen LogP contribution in [0.25, 0.3) is 0 Å². The van der Waals surface area contributed by atoms with Gasteiger partial charge < -0.3 is 5.11 Å². The summed E-state index contributed by atoms with van der Waals surface area (Å²) in [6.45, 7) is 4.55. The quantitative estimate of drug-likeness (QED) is 0.873. The van der Waals surface area contributed by atoms with Crippen LogP contribution in [0.1, 0.15) is 28.4 Å². The summed E-state index contributed by atoms with van der Waals surface area (Å²) in [5.74, 6) is -1.23. The summed E-state index contributed by atoms with van der Waals surface area (Å²) >= 11 is 0. The Kier molecular flexibility index (Phi) is 4.17. The third kappa shape index (κ3) is 3.23. The molecule has 1 unspecified atom stereocenters. The lowest BCUT2D eigenvalue weighted by Crippen LogP contribution is -2.25. The number of hydrogen-bond donors (Lipinski definition) is 2. The van der Waals surface area contributed by atoms with Crippen LogP contribution in [0, 0.1) is 25.2 Å². The Hall–Kier alpha value is -2.07. The molecule has 0 radical (unpaired) electrons. The SMILES string of the molecule is Cc1cc(C)c(NS(=O)(=O)C(C)C#N)c(C(=O)O)c1. The Bertz CT molecular complexity index is 659. The molecule has 0 aliphatic rings. The van der Waals surface area contributed by atoms with Gasteiger partial charge in [0.1, 0.15) is 0 Å². The fourth-order valence-corrected chi connectivity index (χ4v) is 2.44. The fourth-order valence-electron chi connectivity index (χ4n) is 1.57. The first-order valence-electron chi connectivity index (χ1n) is 5.45. The van der Waals surface area contributed by atoms with Crippen LogP contribution < -0.4 is 4.72 Å². The third-order valence-electron chi connectivity index (χ3n) is 2.60. The molecule has 102 valence electrons. The lowest BCUT2D eigenvalue weighted by molar-refractivity contribution is 0.0698. The second-order valence-electron chi connectivity index (χ2n) is 4.23. The average molecular weight is 282 g/mol. The lowest BCUT2D eigenvalue weighted by Gasteiger charge is -2.15. The van der Waals surface area contributed by atoms with Gasteiger partial charge in [0.05, 0.1) is 17.3 Å². The van der Waals surface area contributed by atoms with Crippen LogP contribution in [0.3, 0.4) is 0 Å². The molecule has 0 aliphatic heterocycles. The second kappa shape index (κ2) is 5.28. The number of nitrogens with zero attached hydrogens (tertiary/aromatic N) is 1. The Morgan fingerprint density at radius 2 is 2.00 bits per heavy atom. The molecule has 1 rings (SSSR count). The largest absolute Gasteiger partial charge is 0.478 e. The van der Waals surface area contributed by atoms with E-state index in [4.69, 9.17) is 10.4 Å². The first kappa shape index (κ1) is 15.0. The van der Waals surface area contributed by atoms with Gasteiger partial charge >= 0.3 is 5.97 Å². The molecule has 2 N–H and O–H groups in total. The average Bonchev–Trinajstić information content (AvgIpc) is 2.30. The number of hydrogen-bond acceptors (Lipinski definition) is 4. The zero-order valence-electron chi connectivity index (χ0n) is 10.8. The minimum atomic E-state index is -3.93. The molecule has 0 spiro atoms. The molecule has 0 bridgehead atoms. The van der Waals surface area contributed by atoms with Gasteiger partial charge in [-0.15, -0.1) is 0 Å². The van der Waals surface area contributed by atoms with Crippen LogP contribution in [0.4, 0.5) is 5.69 Å². The van der Waals surface area contributed by atoms with Gasteiger partial charge in [0.25, 0.3) is 0 Å². The number of nitriles is 1. The van der Waals surface area contributed by atoms with E-state index in [0.717, 1.165) is 0 Å². The first-order chi connectivity index (χ1) is 8.69. The number of carboxylic acids is 1. The molecule has 0 heterocycles. The molecule has 19 heavy (non-hydrogen) atoms. The highest BCUT2D eigenvalue weighted by Crippen LogP contribution is 2.24. The minimum absolute atomic E-state index is 0.000185. The van der Waals surface area contributed by atoms with E-state index in [1.807, 2.05) is 0 Å². The van der Waals surface area contributed by atoms with Crippen LogP contribution >= 0.6 is 0 Å². The number of aryl methyl sites for hydroxylation is 2. The third-order valence-corrected chi connectivity index (χ3v) is 4.13. The number of carbonyl (C=O) groups is 1. The topological polar surface area (TPSA) is 107 Å². The van der Waals surface area contributed by atoms with Crippen molar-refractivity contribution in [2.75, 3.05) is 4.72 Å². The number of rotatable bonds is 4. The van der Waals surface area contributed by atoms with E-state index in [1.54, 1.807) is 26.0 Å². The van der Waals surface area contributed by atoms with E-state index in [0.29, 0.717) is 11.1 Å². The zero-order chi connectivity index (χ0) is 14.8. The highest BCUT2D eigenvalue weighted by atomic mass is 32.2. The Morgan fingerprint density at radius 3 is 2.47 bits per heavy atom. The summed E-state index contributed by atoms with van der Waals surface area (Å²) in [7, 11) is -3.93. The van der Waals surface area contributed by atoms with Crippen molar-refractivity contribution in [3.05, 3.63) is 28.8 Å². The second-order valence-corrected chi connectivity index (χ2v) is 6.23. The number of nitrogens with one attached hydrogen (secondary N) is 1. The highest BCUT2D eigenvalue weighted by Gasteiger charge is 2.24. The van der Waals surface area contributed by atoms with Gasteiger partial charge in [-0.2, -0.15) is 5.26 Å². The van der Waals surface area contributed by atoms with Gasteiger partial charge in [0.2, 0.25) is 10.0 Å². The summed E-state index contributed by atoms with van der Waals surface area (Å²) in [6.07, 6.45) is 0. The number of carboxylic acid groups (broad SMARTS) is 1. The molecule has 0 aliphatic carbocycles. The summed E-state index contributed by atoms with van der Waals surface area (Å²) < 4.78 is 25.8. The van der Waals surface area contributed by atoms with Crippen molar-refractivity contribution in [1.82, 2.24) is 0 Å². The summed E-state index contributed by atoms with van der Waals surface area (Å²) in [4.78, 5) is 11.2. The van der Waals surface area contributed by atoms with E-state index >= 15 is 0 Å². The van der Waals surface area contributed by atoms with E-state index < -0.39 is 21.2 Å². The maximum atomic E-state index is 11.8. The van der Waals surface area contributed by atoms with Gasteiger partial charge in [-0.1, -0.05) is 6.07 Å². The van der Waals surface area contributed by atoms with Crippen LogP contribution in [-0.2, 0) is 10.0 Å². The molecule has 7 heteroatoms. The van der Waals surface area contributed by atoms with Crippen LogP contribution in [-0.4, -0.2) is 24.7 Å². The molecule has 0 amide bonds. The van der Waals surface area contributed by atoms with Crippen molar-refractivity contribution in [1.29, 1.82) is 5.26 Å². The summed E-state index contributed by atoms with van der Waals surface area (Å²) in [5, 5.41) is 16.5. The Labute approximate surface area is 111 Å². The van der Waals surface area contributed by atoms with E-state index in [-0.39, 0.29) is 11.3 Å². The summed E-state index contributed by atoms with van der Waals surface area (Å²) in [6, 6.07) is 4.65. The number of aromatic carboxylic acids is 1. The highest BCUT2D eigenvalue weighted by molar-refractivity contribution is 7.93. The normalized spacial score (nSPS) is 12.5. The smallest absolute Gasteiger partial charge is 0.337 e. The number of anilines is 1. The monoisotopic (exact) mass is 282 g/mol. The summed E-state index contributed by atoms with van der Waals surface area (Å²) in [5.41, 5.74) is 1.07.